The number of carbonyl (C=O) groups excluding carboxylic acids is 12. The maximum absolute atomic E-state index is 15.5. The molecule has 3 aromatic carbocycles. The van der Waals surface area contributed by atoms with Gasteiger partial charge >= 0.3 is 5.97 Å². The summed E-state index contributed by atoms with van der Waals surface area (Å²) in [6, 6.07) is 19.9. The van der Waals surface area contributed by atoms with E-state index in [0.717, 1.165) is 16.0 Å². The van der Waals surface area contributed by atoms with Crippen molar-refractivity contribution in [2.24, 2.45) is 11.8 Å². The molecule has 23 nitrogen and oxygen atoms in total. The van der Waals surface area contributed by atoms with E-state index in [0.29, 0.717) is 71.1 Å². The summed E-state index contributed by atoms with van der Waals surface area (Å²) in [5.41, 5.74) is 2.36. The Morgan fingerprint density at radius 3 is 1.85 bits per heavy atom. The first-order valence-electron chi connectivity index (χ1n) is 31.0. The third-order valence-corrected chi connectivity index (χ3v) is 17.4. The van der Waals surface area contributed by atoms with Gasteiger partial charge in [0.25, 0.3) is 17.4 Å². The first-order chi connectivity index (χ1) is 44.1. The molecule has 4 aliphatic rings. The topological polar surface area (TPSA) is 333 Å². The van der Waals surface area contributed by atoms with Gasteiger partial charge in [-0.25, -0.2) is 14.2 Å². The molecule has 9 rings (SSSR count). The van der Waals surface area contributed by atoms with E-state index >= 15 is 4.39 Å². The molecule has 5 aromatic rings. The van der Waals surface area contributed by atoms with Crippen LogP contribution in [-0.2, 0) is 100 Å². The molecule has 3 aliphatic heterocycles. The van der Waals surface area contributed by atoms with Gasteiger partial charge in [0.15, 0.2) is 23.0 Å². The van der Waals surface area contributed by atoms with E-state index in [1.54, 1.807) is 80.6 Å². The zero-order valence-electron chi connectivity index (χ0n) is 51.3. The van der Waals surface area contributed by atoms with Crippen LogP contribution >= 0.6 is 0 Å². The number of halogens is 1. The number of imide groups is 1. The molecule has 0 radical (unpaired) electrons. The molecule has 2 aromatic heterocycles. The quantitative estimate of drug-likeness (QED) is 0.0198. The van der Waals surface area contributed by atoms with Gasteiger partial charge in [-0.05, 0) is 85.8 Å². The zero-order valence-corrected chi connectivity index (χ0v) is 51.3. The van der Waals surface area contributed by atoms with Gasteiger partial charge in [-0.2, -0.15) is 0 Å². The molecular weight excluding hydrogens is 1190 g/mol. The van der Waals surface area contributed by atoms with E-state index < -0.39 is 114 Å². The molecule has 0 bridgehead atoms. The van der Waals surface area contributed by atoms with Crippen LogP contribution in [0.4, 0.5) is 4.39 Å². The smallest absolute Gasteiger partial charge is 0.343 e. The molecule has 1 aliphatic carbocycles. The summed E-state index contributed by atoms with van der Waals surface area (Å²) in [6.45, 7) is 1.36. The van der Waals surface area contributed by atoms with Crippen molar-refractivity contribution in [3.8, 4) is 11.4 Å². The summed E-state index contributed by atoms with van der Waals surface area (Å²) < 4.78 is 22.2. The Morgan fingerprint density at radius 1 is 0.674 bits per heavy atom. The van der Waals surface area contributed by atoms with Gasteiger partial charge in [0, 0.05) is 98.1 Å². The SMILES string of the molecule is CC[C@@]1(O)C(=O)OCc2c1cc1n(c2=O)Cc2c-1nc1cc(F)c(C)c3c1c2[C@@H](NC(=O)CNC(=O)[C@@H](CC(=O)CNC(=O)CCC(=O)CNC(=O)[C@@H](CC(=O)CNC(=O)CCC(=O)CCCCCN1C(=O)C=CC1=O)Cc1ccccc1)Cc1ccccc1)CC3. The summed E-state index contributed by atoms with van der Waals surface area (Å²) in [7, 11) is 0. The lowest BCUT2D eigenvalue weighted by molar-refractivity contribution is -0.172. The normalized spacial score (nSPS) is 16.6. The van der Waals surface area contributed by atoms with E-state index in [2.05, 4.69) is 26.6 Å². The van der Waals surface area contributed by atoms with Crippen LogP contribution in [0.3, 0.4) is 0 Å². The lowest BCUT2D eigenvalue weighted by Crippen LogP contribution is -2.44. The van der Waals surface area contributed by atoms with Gasteiger partial charge in [0.2, 0.25) is 29.5 Å². The summed E-state index contributed by atoms with van der Waals surface area (Å²) in [5.74, 6) is -8.63. The fourth-order valence-electron chi connectivity index (χ4n) is 12.3. The largest absolute Gasteiger partial charge is 0.458 e. The van der Waals surface area contributed by atoms with Crippen molar-refractivity contribution in [3.05, 3.63) is 146 Å². The predicted octanol–water partition coefficient (Wildman–Crippen LogP) is 3.92. The number of aryl methyl sites for hydroxylation is 1. The molecule has 4 atom stereocenters. The number of aromatic nitrogens is 2. The highest BCUT2D eigenvalue weighted by Crippen LogP contribution is 2.46. The second-order valence-electron chi connectivity index (χ2n) is 23.8. The third kappa shape index (κ3) is 15.9. The van der Waals surface area contributed by atoms with E-state index in [1.807, 2.05) is 0 Å². The van der Waals surface area contributed by atoms with Gasteiger partial charge in [0.1, 0.15) is 18.2 Å². The Morgan fingerprint density at radius 2 is 1.25 bits per heavy atom. The molecule has 92 heavy (non-hydrogen) atoms. The maximum Gasteiger partial charge on any atom is 0.343 e. The Hall–Kier alpha value is -9.71. The number of nitrogens with zero attached hydrogens (tertiary/aromatic N) is 3. The van der Waals surface area contributed by atoms with Crippen LogP contribution in [0.1, 0.15) is 135 Å². The monoisotopic (exact) mass is 1260 g/mol. The number of pyridine rings is 2. The molecule has 7 amide bonds. The van der Waals surface area contributed by atoms with Gasteiger partial charge in [-0.15, -0.1) is 0 Å². The standard InChI is InChI=1S/C68H73FN8O15/c1-3-68(91)51-31-55-63-49(37-77(55)66(89)50(51)38-92-67(68)90)62-53(21-20-48-39(2)52(69)32-54(75-63)61(48)62)74-58(84)36-73-65(88)43(28-41-15-9-5-10-16-41)30-47(81)35-71-57(83)23-19-45(79)33-72-64(87)42(27-40-13-7-4-8-14-40)29-46(80)34-70-56(82)22-18-44(78)17-11-6-12-26-76-59(85)24-25-60(76)86/h4-5,7-10,13-16,24-25,31-32,42-43,53,91H,3,6,11-12,17-23,26-30,33-38H2,1-2H3,(H,70,82)(H,71,83)(H,72,87)(H,73,88)(H,74,84)/t42-,43-,53+,68+/m1/s1. The van der Waals surface area contributed by atoms with Gasteiger partial charge in [0.05, 0.1) is 61.2 Å². The van der Waals surface area contributed by atoms with Crippen molar-refractivity contribution in [1.82, 2.24) is 41.0 Å². The number of hydrogen-bond donors (Lipinski definition) is 6. The molecule has 0 saturated heterocycles. The Balaban J connectivity index is 0.736. The summed E-state index contributed by atoms with van der Waals surface area (Å²) in [4.78, 5) is 175. The highest BCUT2D eigenvalue weighted by molar-refractivity contribution is 6.13. The number of unbranched alkanes of at least 4 members (excludes halogenated alkanes) is 2. The average Bonchev–Trinajstić information content (AvgIpc) is 1.47. The van der Waals surface area contributed by atoms with Crippen LogP contribution in [0.15, 0.2) is 89.7 Å². The molecule has 0 fully saturated rings. The minimum absolute atomic E-state index is 0.0191. The lowest BCUT2D eigenvalue weighted by atomic mass is 9.81. The van der Waals surface area contributed by atoms with Gasteiger partial charge in [-0.1, -0.05) is 74.0 Å². The molecule has 0 spiro atoms. The predicted molar refractivity (Wildman–Crippen MR) is 330 cm³/mol. The fourth-order valence-corrected chi connectivity index (χ4v) is 12.3. The molecule has 6 N–H and O–H groups in total. The third-order valence-electron chi connectivity index (χ3n) is 17.4. The van der Waals surface area contributed by atoms with Crippen molar-refractivity contribution < 1.29 is 71.8 Å². The maximum atomic E-state index is 15.5. The minimum atomic E-state index is -2.08. The highest BCUT2D eigenvalue weighted by atomic mass is 19.1. The van der Waals surface area contributed by atoms with Gasteiger partial charge < -0.3 is 41.0 Å². The van der Waals surface area contributed by atoms with Crippen molar-refractivity contribution in [2.45, 2.75) is 135 Å². The summed E-state index contributed by atoms with van der Waals surface area (Å²) in [6.07, 6.45) is 3.71. The van der Waals surface area contributed by atoms with Crippen molar-refractivity contribution in [1.29, 1.82) is 0 Å². The second-order valence-corrected chi connectivity index (χ2v) is 23.8. The van der Waals surface area contributed by atoms with E-state index in [1.165, 1.54) is 22.8 Å². The number of carbonyl (C=O) groups is 12. The molecular formula is C68H73FN8O15. The van der Waals surface area contributed by atoms with Crippen LogP contribution in [0.25, 0.3) is 22.3 Å². The van der Waals surface area contributed by atoms with Crippen LogP contribution in [0, 0.1) is 24.6 Å². The Bertz CT molecular complexity index is 3870. The zero-order chi connectivity index (χ0) is 65.8. The summed E-state index contributed by atoms with van der Waals surface area (Å²) >= 11 is 0. The minimum Gasteiger partial charge on any atom is -0.458 e. The van der Waals surface area contributed by atoms with Crippen LogP contribution in [-0.4, -0.2) is 123 Å². The van der Waals surface area contributed by atoms with Crippen molar-refractivity contribution >= 4 is 81.4 Å². The second kappa shape index (κ2) is 29.9. The first kappa shape index (κ1) is 66.7. The number of benzene rings is 3. The molecule has 5 heterocycles. The van der Waals surface area contributed by atoms with E-state index in [4.69, 9.17) is 9.72 Å². The number of nitrogens with one attached hydrogen (secondary N) is 5. The number of ketones is 4. The first-order valence-corrected chi connectivity index (χ1v) is 31.0. The lowest BCUT2D eigenvalue weighted by Gasteiger charge is -2.31. The number of Topliss-reactive ketones (excluding diaryl/α,β-unsaturated/α-hetero) is 4. The van der Waals surface area contributed by atoms with Crippen LogP contribution < -0.4 is 32.1 Å². The average molecular weight is 1260 g/mol. The Labute approximate surface area is 528 Å². The Kier molecular flexibility index (Phi) is 21.7. The van der Waals surface area contributed by atoms with Crippen molar-refractivity contribution in [2.75, 3.05) is 32.7 Å². The van der Waals surface area contributed by atoms with E-state index in [9.17, 15) is 67.4 Å². The molecule has 0 unspecified atom stereocenters. The number of esters is 1. The summed E-state index contributed by atoms with van der Waals surface area (Å²) in [5, 5.41) is 25.3. The van der Waals surface area contributed by atoms with Crippen molar-refractivity contribution in [3.63, 3.8) is 0 Å². The number of ether oxygens (including phenoxy) is 1. The molecule has 0 saturated carbocycles. The van der Waals surface area contributed by atoms with E-state index in [-0.39, 0.29) is 118 Å². The number of rotatable bonds is 32. The number of amides is 7. The van der Waals surface area contributed by atoms with Crippen LogP contribution in [0.2, 0.25) is 0 Å². The number of hydrogen-bond acceptors (Lipinski definition) is 16. The number of aliphatic hydroxyl groups is 1. The van der Waals surface area contributed by atoms with Crippen LogP contribution in [0.5, 0.6) is 0 Å². The number of fused-ring (bicyclic) bond motifs is 5. The fraction of sp³-hybridized carbons (Fsp3) is 0.412. The molecule has 24 heteroatoms. The molecule has 482 valence electrons. The number of cyclic esters (lactones) is 1. The van der Waals surface area contributed by atoms with Gasteiger partial charge in [-0.3, -0.25) is 62.4 Å². The highest BCUT2D eigenvalue weighted by Gasteiger charge is 2.46.